The quantitative estimate of drug-likeness (QED) is 0.210. The van der Waals surface area contributed by atoms with E-state index in [1.807, 2.05) is 66.9 Å². The Morgan fingerprint density at radius 1 is 1.12 bits per heavy atom. The molecule has 0 bridgehead atoms. The number of imidazole rings is 1. The average Bonchev–Trinajstić information content (AvgIpc) is 3.69. The molecule has 1 amide bonds. The van der Waals surface area contributed by atoms with Gasteiger partial charge in [-0.15, -0.1) is 0 Å². The number of halogens is 2. The topological polar surface area (TPSA) is 50.2 Å². The number of rotatable bonds is 8. The van der Waals surface area contributed by atoms with E-state index in [1.165, 1.54) is 35.2 Å². The van der Waals surface area contributed by atoms with E-state index in [9.17, 15) is 9.18 Å². The average molecular weight is 591 g/mol. The third-order valence-corrected chi connectivity index (χ3v) is 9.01. The number of benzene rings is 3. The first-order chi connectivity index (χ1) is 20.0. The largest absolute Gasteiger partial charge is 0.337 e. The lowest BCUT2D eigenvalue weighted by molar-refractivity contribution is -0.120. The lowest BCUT2D eigenvalue weighted by atomic mass is 9.87. The van der Waals surface area contributed by atoms with Crippen LogP contribution in [-0.2, 0) is 24.8 Å². The van der Waals surface area contributed by atoms with Crippen molar-refractivity contribution in [1.82, 2.24) is 14.3 Å². The van der Waals surface area contributed by atoms with Gasteiger partial charge in [-0.25, -0.2) is 9.37 Å². The van der Waals surface area contributed by atoms with Crippen molar-refractivity contribution in [3.63, 3.8) is 0 Å². The Bertz CT molecular complexity index is 1510. The van der Waals surface area contributed by atoms with E-state index in [1.54, 1.807) is 12.3 Å². The van der Waals surface area contributed by atoms with Crippen molar-refractivity contribution in [3.05, 3.63) is 112 Å². The fourth-order valence-electron chi connectivity index (χ4n) is 5.52. The summed E-state index contributed by atoms with van der Waals surface area (Å²) in [5, 5.41) is 0.715. The molecule has 41 heavy (non-hydrogen) atoms. The number of aryl methyl sites for hydroxylation is 2. The summed E-state index contributed by atoms with van der Waals surface area (Å²) in [5.41, 5.74) is 4.39. The maximum Gasteiger partial charge on any atom is 0.231 e. The molecule has 1 aromatic heterocycles. The Morgan fingerprint density at radius 3 is 2.71 bits per heavy atom. The highest BCUT2D eigenvalue weighted by Crippen LogP contribution is 2.51. The second-order valence-electron chi connectivity index (χ2n) is 10.4. The molecule has 0 aliphatic heterocycles. The second-order valence-corrected chi connectivity index (χ2v) is 11.7. The summed E-state index contributed by atoms with van der Waals surface area (Å²) >= 11 is 7.92. The van der Waals surface area contributed by atoms with Crippen LogP contribution in [0, 0.1) is 11.7 Å². The fourth-order valence-corrected chi connectivity index (χ4v) is 6.64. The number of fused-ring (bicyclic) bond motifs is 1. The third-order valence-electron chi connectivity index (χ3n) is 7.77. The molecular weight excluding hydrogens is 555 g/mol. The molecule has 1 saturated carbocycles. The van der Waals surface area contributed by atoms with Gasteiger partial charge in [0.25, 0.3) is 0 Å². The molecule has 6 rings (SSSR count). The smallest absolute Gasteiger partial charge is 0.231 e. The van der Waals surface area contributed by atoms with Crippen LogP contribution in [-0.4, -0.2) is 15.5 Å². The van der Waals surface area contributed by atoms with Gasteiger partial charge in [0.05, 0.1) is 6.54 Å². The number of nitrogens with zero attached hydrogens (tertiary/aromatic N) is 3. The number of hydrogen-bond donors (Lipinski definition) is 1. The highest BCUT2D eigenvalue weighted by molar-refractivity contribution is 7.97. The van der Waals surface area contributed by atoms with E-state index in [0.29, 0.717) is 11.6 Å². The van der Waals surface area contributed by atoms with Crippen molar-refractivity contribution in [2.75, 3.05) is 4.90 Å². The van der Waals surface area contributed by atoms with E-state index in [-0.39, 0.29) is 29.6 Å². The molecule has 3 atom stereocenters. The van der Waals surface area contributed by atoms with Crippen LogP contribution in [0.5, 0.6) is 0 Å². The molecule has 5 nitrogen and oxygen atoms in total. The predicted octanol–water partition coefficient (Wildman–Crippen LogP) is 8.25. The Labute approximate surface area is 251 Å². The van der Waals surface area contributed by atoms with Crippen molar-refractivity contribution >= 4 is 35.1 Å². The normalized spacial score (nSPS) is 19.1. The van der Waals surface area contributed by atoms with Gasteiger partial charge in [-0.05, 0) is 96.6 Å². The number of aromatic nitrogens is 2. The van der Waals surface area contributed by atoms with Crippen LogP contribution >= 0.6 is 23.5 Å². The number of nitrogens with one attached hydrogen (secondary N) is 1. The van der Waals surface area contributed by atoms with Gasteiger partial charge in [-0.3, -0.25) is 9.52 Å². The van der Waals surface area contributed by atoms with E-state index in [0.717, 1.165) is 47.7 Å². The van der Waals surface area contributed by atoms with Crippen LogP contribution in [0.2, 0.25) is 5.02 Å². The van der Waals surface area contributed by atoms with Crippen LogP contribution in [0.1, 0.15) is 67.6 Å². The second kappa shape index (κ2) is 13.2. The summed E-state index contributed by atoms with van der Waals surface area (Å²) in [7, 11) is 1.95. The van der Waals surface area contributed by atoms with Crippen molar-refractivity contribution in [3.8, 4) is 0 Å². The molecule has 1 heterocycles. The summed E-state index contributed by atoms with van der Waals surface area (Å²) in [6, 6.07) is 20.9. The number of carbonyl (C=O) groups excluding carboxylic acids is 1. The zero-order valence-electron chi connectivity index (χ0n) is 23.7. The first-order valence-electron chi connectivity index (χ1n) is 14.3. The van der Waals surface area contributed by atoms with Gasteiger partial charge < -0.3 is 9.47 Å². The van der Waals surface area contributed by atoms with Gasteiger partial charge in [0.1, 0.15) is 11.6 Å². The first kappa shape index (κ1) is 29.4. The standard InChI is InChI=1S/C31H30ClFN4OS.C2H6/c1-36-15-14-34-30(36)19-37(31(38)27-18-26(27)24-9-2-3-10-28(24)32)22-13-12-20-6-4-11-29(25(20)17-22)35-39-23-8-5-7-21(33)16-23;1-2/h2-3,5,7-10,12-17,26-27,29,35H,4,6,11,18-19H2,1H3;1-2H3. The number of amides is 1. The number of carbonyl (C=O) groups is 1. The van der Waals surface area contributed by atoms with Crippen LogP contribution < -0.4 is 9.62 Å². The first-order valence-corrected chi connectivity index (χ1v) is 15.5. The monoisotopic (exact) mass is 590 g/mol. The van der Waals surface area contributed by atoms with Crippen molar-refractivity contribution in [1.29, 1.82) is 0 Å². The Kier molecular flexibility index (Phi) is 9.48. The zero-order chi connectivity index (χ0) is 28.9. The van der Waals surface area contributed by atoms with E-state index < -0.39 is 0 Å². The third kappa shape index (κ3) is 6.69. The molecule has 1 fully saturated rings. The van der Waals surface area contributed by atoms with Crippen LogP contribution in [0.15, 0.2) is 84.0 Å². The SMILES string of the molecule is CC.Cn1ccnc1CN(C(=O)C1CC1c1ccccc1Cl)c1ccc2c(c1)C(NSc1cccc(F)c1)CCC2. The van der Waals surface area contributed by atoms with Gasteiger partial charge >= 0.3 is 0 Å². The summed E-state index contributed by atoms with van der Waals surface area (Å²) in [6.07, 6.45) is 7.51. The summed E-state index contributed by atoms with van der Waals surface area (Å²) in [6.45, 7) is 4.39. The summed E-state index contributed by atoms with van der Waals surface area (Å²) < 4.78 is 19.2. The van der Waals surface area contributed by atoms with Crippen LogP contribution in [0.25, 0.3) is 0 Å². The number of anilines is 1. The van der Waals surface area contributed by atoms with Crippen molar-refractivity contribution in [2.24, 2.45) is 13.0 Å². The fraction of sp³-hybridized carbons (Fsp3) is 0.333. The predicted molar refractivity (Wildman–Crippen MR) is 166 cm³/mol. The minimum Gasteiger partial charge on any atom is -0.337 e. The molecule has 3 aromatic carbocycles. The van der Waals surface area contributed by atoms with Crippen molar-refractivity contribution < 1.29 is 9.18 Å². The molecule has 8 heteroatoms. The molecule has 0 spiro atoms. The molecule has 2 aliphatic carbocycles. The van der Waals surface area contributed by atoms with Gasteiger partial charge in [-0.2, -0.15) is 0 Å². The Hall–Kier alpha value is -3.13. The van der Waals surface area contributed by atoms with E-state index in [4.69, 9.17) is 11.6 Å². The van der Waals surface area contributed by atoms with E-state index in [2.05, 4.69) is 27.9 Å². The molecule has 3 unspecified atom stereocenters. The van der Waals surface area contributed by atoms with E-state index >= 15 is 0 Å². The molecule has 4 aromatic rings. The molecule has 1 N–H and O–H groups in total. The summed E-state index contributed by atoms with van der Waals surface area (Å²) in [4.78, 5) is 21.3. The highest BCUT2D eigenvalue weighted by atomic mass is 35.5. The maximum atomic E-state index is 14.0. The maximum absolute atomic E-state index is 14.0. The molecular formula is C33H36ClFN4OS. The number of hydrogen-bond acceptors (Lipinski definition) is 4. The molecule has 0 radical (unpaired) electrons. The van der Waals surface area contributed by atoms with Crippen LogP contribution in [0.3, 0.4) is 0 Å². The minimum absolute atomic E-state index is 0.0947. The Morgan fingerprint density at radius 2 is 1.95 bits per heavy atom. The Balaban J connectivity index is 0.00000165. The molecule has 214 valence electrons. The highest BCUT2D eigenvalue weighted by Gasteiger charge is 2.47. The van der Waals surface area contributed by atoms with Crippen molar-refractivity contribution in [2.45, 2.75) is 62.9 Å². The van der Waals surface area contributed by atoms with Gasteiger partial charge in [-0.1, -0.05) is 55.8 Å². The molecule has 0 saturated heterocycles. The lowest BCUT2D eigenvalue weighted by Gasteiger charge is -2.29. The van der Waals surface area contributed by atoms with Crippen LogP contribution in [0.4, 0.5) is 10.1 Å². The van der Waals surface area contributed by atoms with Gasteiger partial charge in [0, 0.05) is 47.0 Å². The molecule has 2 aliphatic rings. The zero-order valence-corrected chi connectivity index (χ0v) is 25.3. The minimum atomic E-state index is -0.244. The van der Waals surface area contributed by atoms with Gasteiger partial charge in [0.15, 0.2) is 0 Å². The lowest BCUT2D eigenvalue weighted by Crippen LogP contribution is -2.33. The van der Waals surface area contributed by atoms with Gasteiger partial charge in [0.2, 0.25) is 5.91 Å². The summed E-state index contributed by atoms with van der Waals surface area (Å²) in [5.74, 6) is 0.694.